The third-order valence-corrected chi connectivity index (χ3v) is 6.06. The van der Waals surface area contributed by atoms with Crippen molar-refractivity contribution < 1.29 is 23.0 Å². The first-order chi connectivity index (χ1) is 14.8. The molecule has 2 atom stereocenters. The first kappa shape index (κ1) is 21.2. The first-order valence-corrected chi connectivity index (χ1v) is 10.0. The van der Waals surface area contributed by atoms with Crippen molar-refractivity contribution in [1.29, 1.82) is 0 Å². The Morgan fingerprint density at radius 2 is 1.90 bits per heavy atom. The number of ether oxygens (including phenoxy) is 1. The number of aromatic nitrogens is 2. The van der Waals surface area contributed by atoms with Crippen molar-refractivity contribution >= 4 is 22.7 Å². The van der Waals surface area contributed by atoms with Gasteiger partial charge in [0.15, 0.2) is 5.60 Å². The Bertz CT molecular complexity index is 1110. The second kappa shape index (κ2) is 7.92. The average Bonchev–Trinajstić information content (AvgIpc) is 2.77. The van der Waals surface area contributed by atoms with Gasteiger partial charge in [-0.2, -0.15) is 23.4 Å². The minimum Gasteiger partial charge on any atom is -0.493 e. The summed E-state index contributed by atoms with van der Waals surface area (Å²) in [6.45, 7) is 2.12. The van der Waals surface area contributed by atoms with Gasteiger partial charge in [-0.1, -0.05) is 37.3 Å². The summed E-state index contributed by atoms with van der Waals surface area (Å²) in [4.78, 5) is 4.07. The molecule has 5 nitrogen and oxygen atoms in total. The van der Waals surface area contributed by atoms with Gasteiger partial charge in [0.05, 0.1) is 24.7 Å². The molecule has 1 N–H and O–H groups in total. The summed E-state index contributed by atoms with van der Waals surface area (Å²) in [5.41, 5.74) is -3.04. The van der Waals surface area contributed by atoms with Crippen molar-refractivity contribution in [3.05, 3.63) is 60.4 Å². The van der Waals surface area contributed by atoms with E-state index in [-0.39, 0.29) is 12.3 Å². The molecule has 8 heteroatoms. The van der Waals surface area contributed by atoms with Crippen LogP contribution in [0, 0.1) is 0 Å². The van der Waals surface area contributed by atoms with Gasteiger partial charge in [0.2, 0.25) is 0 Å². The Morgan fingerprint density at radius 3 is 2.68 bits per heavy atom. The third-order valence-electron chi connectivity index (χ3n) is 6.06. The molecular formula is C23H22F3N3O2. The molecule has 2 aromatic carbocycles. The van der Waals surface area contributed by atoms with Crippen molar-refractivity contribution in [2.45, 2.75) is 43.4 Å². The average molecular weight is 429 g/mol. The van der Waals surface area contributed by atoms with Crippen LogP contribution in [-0.4, -0.2) is 39.9 Å². The fourth-order valence-corrected chi connectivity index (χ4v) is 4.23. The largest absolute Gasteiger partial charge is 0.493 e. The topological polar surface area (TPSA) is 67.6 Å². The van der Waals surface area contributed by atoms with Crippen LogP contribution in [0.2, 0.25) is 0 Å². The maximum absolute atomic E-state index is 14.2. The smallest absolute Gasteiger partial charge is 0.422 e. The Labute approximate surface area is 177 Å². The monoisotopic (exact) mass is 429 g/mol. The van der Waals surface area contributed by atoms with Gasteiger partial charge in [0.25, 0.3) is 0 Å². The molecule has 0 radical (unpaired) electrons. The van der Waals surface area contributed by atoms with E-state index in [4.69, 9.17) is 4.74 Å². The molecule has 2 heterocycles. The molecule has 3 aromatic rings. The van der Waals surface area contributed by atoms with Gasteiger partial charge in [0.1, 0.15) is 5.75 Å². The highest BCUT2D eigenvalue weighted by molar-refractivity contribution is 5.93. The lowest BCUT2D eigenvalue weighted by Gasteiger charge is -2.43. The van der Waals surface area contributed by atoms with Crippen LogP contribution in [0.4, 0.5) is 18.9 Å². The van der Waals surface area contributed by atoms with Gasteiger partial charge in [-0.15, -0.1) is 0 Å². The maximum Gasteiger partial charge on any atom is 0.422 e. The number of rotatable bonds is 5. The fourth-order valence-electron chi connectivity index (χ4n) is 4.23. The minimum absolute atomic E-state index is 0.285. The van der Waals surface area contributed by atoms with Crippen LogP contribution < -0.4 is 4.74 Å². The van der Waals surface area contributed by atoms with E-state index in [1.54, 1.807) is 42.5 Å². The number of alkyl halides is 3. The molecule has 0 amide bonds. The third kappa shape index (κ3) is 3.87. The zero-order valence-corrected chi connectivity index (χ0v) is 16.9. The fraction of sp³-hybridized carbons (Fsp3) is 0.348. The lowest BCUT2D eigenvalue weighted by Crippen LogP contribution is -2.52. The van der Waals surface area contributed by atoms with Crippen molar-refractivity contribution in [1.82, 2.24) is 10.2 Å². The van der Waals surface area contributed by atoms with Crippen molar-refractivity contribution in [2.24, 2.45) is 4.99 Å². The Hall–Kier alpha value is -3.00. The predicted octanol–water partition coefficient (Wildman–Crippen LogP) is 5.15. The van der Waals surface area contributed by atoms with Crippen LogP contribution in [-0.2, 0) is 5.41 Å². The van der Waals surface area contributed by atoms with Crippen molar-refractivity contribution in [3.63, 3.8) is 0 Å². The molecule has 0 aliphatic carbocycles. The number of hydrogen-bond acceptors (Lipinski definition) is 5. The molecule has 2 unspecified atom stereocenters. The Balaban J connectivity index is 1.76. The summed E-state index contributed by atoms with van der Waals surface area (Å²) in [5, 5.41) is 19.7. The molecule has 0 spiro atoms. The van der Waals surface area contributed by atoms with Crippen LogP contribution >= 0.6 is 0 Å². The normalized spacial score (nSPS) is 20.9. The molecule has 31 heavy (non-hydrogen) atoms. The van der Waals surface area contributed by atoms with E-state index in [2.05, 4.69) is 15.2 Å². The first-order valence-electron chi connectivity index (χ1n) is 10.0. The van der Waals surface area contributed by atoms with Crippen LogP contribution in [0.25, 0.3) is 10.8 Å². The van der Waals surface area contributed by atoms with Gasteiger partial charge >= 0.3 is 6.18 Å². The molecule has 4 rings (SSSR count). The van der Waals surface area contributed by atoms with E-state index in [0.29, 0.717) is 41.1 Å². The SMILES string of the molecule is CCC1(CC(O)(C=Nc2cccc3cnncc23)C(F)(F)F)CCOc2ccccc21. The van der Waals surface area contributed by atoms with E-state index >= 15 is 0 Å². The second-order valence-corrected chi connectivity index (χ2v) is 7.85. The zero-order chi connectivity index (χ0) is 22.1. The van der Waals surface area contributed by atoms with Gasteiger partial charge in [-0.3, -0.25) is 4.99 Å². The molecule has 1 aromatic heterocycles. The van der Waals surface area contributed by atoms with Gasteiger partial charge in [0, 0.05) is 34.4 Å². The summed E-state index contributed by atoms with van der Waals surface area (Å²) in [6, 6.07) is 12.1. The lowest BCUT2D eigenvalue weighted by atomic mass is 9.67. The number of hydrogen-bond donors (Lipinski definition) is 1. The van der Waals surface area contributed by atoms with Crippen molar-refractivity contribution in [2.75, 3.05) is 6.61 Å². The molecule has 1 aliphatic heterocycles. The maximum atomic E-state index is 14.2. The molecule has 0 saturated carbocycles. The molecular weight excluding hydrogens is 407 g/mol. The predicted molar refractivity (Wildman–Crippen MR) is 112 cm³/mol. The highest BCUT2D eigenvalue weighted by atomic mass is 19.4. The molecule has 1 aliphatic rings. The minimum atomic E-state index is -4.91. The van der Waals surface area contributed by atoms with Crippen LogP contribution in [0.15, 0.2) is 59.9 Å². The second-order valence-electron chi connectivity index (χ2n) is 7.85. The van der Waals surface area contributed by atoms with E-state index in [9.17, 15) is 18.3 Å². The number of para-hydroxylation sites is 1. The van der Waals surface area contributed by atoms with Gasteiger partial charge in [-0.25, -0.2) is 0 Å². The number of benzene rings is 2. The summed E-state index contributed by atoms with van der Waals surface area (Å²) >= 11 is 0. The number of nitrogens with zero attached hydrogens (tertiary/aromatic N) is 3. The quantitative estimate of drug-likeness (QED) is 0.570. The highest BCUT2D eigenvalue weighted by Gasteiger charge is 2.57. The van der Waals surface area contributed by atoms with E-state index in [1.807, 2.05) is 6.92 Å². The van der Waals surface area contributed by atoms with E-state index in [0.717, 1.165) is 0 Å². The van der Waals surface area contributed by atoms with Crippen molar-refractivity contribution in [3.8, 4) is 5.75 Å². The molecule has 0 fully saturated rings. The van der Waals surface area contributed by atoms with Crippen LogP contribution in [0.3, 0.4) is 0 Å². The summed E-state index contributed by atoms with van der Waals surface area (Å²) in [5.74, 6) is 0.560. The summed E-state index contributed by atoms with van der Waals surface area (Å²) in [6.07, 6.45) is -1.09. The number of aliphatic imine (C=N–C) groups is 1. The van der Waals surface area contributed by atoms with Crippen LogP contribution in [0.1, 0.15) is 31.7 Å². The zero-order valence-electron chi connectivity index (χ0n) is 16.9. The Kier molecular flexibility index (Phi) is 5.43. The number of halogens is 3. The van der Waals surface area contributed by atoms with E-state index < -0.39 is 23.6 Å². The van der Waals surface area contributed by atoms with Gasteiger partial charge < -0.3 is 9.84 Å². The molecule has 162 valence electrons. The van der Waals surface area contributed by atoms with Crippen LogP contribution in [0.5, 0.6) is 5.75 Å². The summed E-state index contributed by atoms with van der Waals surface area (Å²) in [7, 11) is 0. The van der Waals surface area contributed by atoms with E-state index in [1.165, 1.54) is 12.4 Å². The molecule has 0 bridgehead atoms. The summed E-state index contributed by atoms with van der Waals surface area (Å²) < 4.78 is 48.1. The van der Waals surface area contributed by atoms with Gasteiger partial charge in [-0.05, 0) is 25.0 Å². The lowest BCUT2D eigenvalue weighted by molar-refractivity contribution is -0.236. The number of aliphatic hydroxyl groups is 1. The Morgan fingerprint density at radius 1 is 1.13 bits per heavy atom. The highest BCUT2D eigenvalue weighted by Crippen LogP contribution is 2.49. The number of fused-ring (bicyclic) bond motifs is 2. The molecule has 0 saturated heterocycles. The standard InChI is InChI=1S/C23H22F3N3O2/c1-2-21(10-11-31-20-9-4-3-7-18(20)21)14-22(30,23(24,25)26)15-27-19-8-5-6-16-12-28-29-13-17(16)19/h3-9,12-13,15,30H,2,10-11,14H2,1H3.